The van der Waals surface area contributed by atoms with E-state index in [0.717, 1.165) is 22.4 Å². The summed E-state index contributed by atoms with van der Waals surface area (Å²) < 4.78 is 11.9. The number of benzene rings is 3. The van der Waals surface area contributed by atoms with Crippen molar-refractivity contribution in [3.05, 3.63) is 91.0 Å². The predicted octanol–water partition coefficient (Wildman–Crippen LogP) is 1.67. The summed E-state index contributed by atoms with van der Waals surface area (Å²) in [6.07, 6.45) is 0. The Bertz CT molecular complexity index is 1270. The Morgan fingerprint density at radius 3 is 1.59 bits per heavy atom. The molecule has 5 rings (SSSR count). The Morgan fingerprint density at radius 1 is 0.568 bits per heavy atom. The molecule has 2 heterocycles. The molecule has 1 fully saturated rings. The quantitative estimate of drug-likeness (QED) is 0.271. The van der Waals surface area contributed by atoms with Crippen LogP contribution in [0.15, 0.2) is 91.0 Å². The van der Waals surface area contributed by atoms with Crippen LogP contribution in [-0.2, 0) is 9.31 Å². The Kier molecular flexibility index (Phi) is 7.16. The molecule has 0 unspecified atom stereocenters. The highest BCUT2D eigenvalue weighted by Crippen LogP contribution is 2.37. The topological polar surface area (TPSA) is 125 Å². The summed E-state index contributed by atoms with van der Waals surface area (Å²) in [5, 5.41) is 39.9. The average Bonchev–Trinajstić information content (AvgIpc) is 3.33. The van der Waals surface area contributed by atoms with E-state index in [9.17, 15) is 20.4 Å². The standard InChI is InChI=1S/C28H27BN2O6/c32-16-27(17-33)28(18-34,19-35)37-29(36-27)23-13-7-12-22(14-23)25-15-24(20-8-3-1-4-9-20)30-26(31-25)21-10-5-2-6-11-21/h1-15,32-35H,16-19H2. The smallest absolute Gasteiger partial charge is 0.394 e. The van der Waals surface area contributed by atoms with Crippen molar-refractivity contribution in [1.29, 1.82) is 0 Å². The van der Waals surface area contributed by atoms with Gasteiger partial charge in [-0.2, -0.15) is 0 Å². The van der Waals surface area contributed by atoms with Crippen LogP contribution in [0.25, 0.3) is 33.9 Å². The van der Waals surface area contributed by atoms with Gasteiger partial charge >= 0.3 is 7.12 Å². The molecule has 0 saturated carbocycles. The third kappa shape index (κ3) is 4.57. The van der Waals surface area contributed by atoms with E-state index >= 15 is 0 Å². The number of aliphatic hydroxyl groups excluding tert-OH is 4. The second kappa shape index (κ2) is 10.5. The van der Waals surface area contributed by atoms with Crippen LogP contribution in [0.4, 0.5) is 0 Å². The summed E-state index contributed by atoms with van der Waals surface area (Å²) >= 11 is 0. The molecule has 0 atom stereocenters. The SMILES string of the molecule is OCC1(CO)OB(c2cccc(-c3cc(-c4ccccc4)nc(-c4ccccc4)n3)c2)OC1(CO)CO. The molecule has 1 aromatic heterocycles. The molecule has 4 N–H and O–H groups in total. The Labute approximate surface area is 215 Å². The second-order valence-corrected chi connectivity index (χ2v) is 9.01. The van der Waals surface area contributed by atoms with Gasteiger partial charge in [-0.3, -0.25) is 0 Å². The summed E-state index contributed by atoms with van der Waals surface area (Å²) in [6, 6.07) is 28.8. The van der Waals surface area contributed by atoms with Crippen LogP contribution >= 0.6 is 0 Å². The molecule has 3 aromatic carbocycles. The number of hydrogen-bond acceptors (Lipinski definition) is 8. The lowest BCUT2D eigenvalue weighted by Crippen LogP contribution is -2.61. The molecule has 1 aliphatic heterocycles. The van der Waals surface area contributed by atoms with E-state index in [1.165, 1.54) is 0 Å². The van der Waals surface area contributed by atoms with E-state index in [1.807, 2.05) is 84.9 Å². The van der Waals surface area contributed by atoms with E-state index in [0.29, 0.717) is 17.0 Å². The monoisotopic (exact) mass is 498 g/mol. The molecule has 0 amide bonds. The number of rotatable bonds is 8. The van der Waals surface area contributed by atoms with Crippen molar-refractivity contribution in [2.45, 2.75) is 11.2 Å². The fourth-order valence-corrected chi connectivity index (χ4v) is 4.52. The van der Waals surface area contributed by atoms with Crippen molar-refractivity contribution in [2.24, 2.45) is 0 Å². The highest BCUT2D eigenvalue weighted by Gasteiger charge is 2.62. The van der Waals surface area contributed by atoms with Gasteiger partial charge in [0.05, 0.1) is 37.8 Å². The number of aromatic nitrogens is 2. The molecule has 4 aromatic rings. The van der Waals surface area contributed by atoms with E-state index in [1.54, 1.807) is 6.07 Å². The fourth-order valence-electron chi connectivity index (χ4n) is 4.52. The van der Waals surface area contributed by atoms with Crippen LogP contribution in [0, 0.1) is 0 Å². The molecule has 9 heteroatoms. The predicted molar refractivity (Wildman–Crippen MR) is 140 cm³/mol. The van der Waals surface area contributed by atoms with Crippen molar-refractivity contribution in [3.8, 4) is 33.9 Å². The van der Waals surface area contributed by atoms with Crippen LogP contribution in [0.3, 0.4) is 0 Å². The Morgan fingerprint density at radius 2 is 1.05 bits per heavy atom. The number of hydrogen-bond donors (Lipinski definition) is 4. The summed E-state index contributed by atoms with van der Waals surface area (Å²) in [4.78, 5) is 9.65. The lowest BCUT2D eigenvalue weighted by atomic mass is 9.78. The highest BCUT2D eigenvalue weighted by atomic mass is 16.7. The van der Waals surface area contributed by atoms with Gasteiger partial charge in [0.25, 0.3) is 0 Å². The van der Waals surface area contributed by atoms with Crippen molar-refractivity contribution < 1.29 is 29.7 Å². The molecule has 8 nitrogen and oxygen atoms in total. The van der Waals surface area contributed by atoms with Crippen LogP contribution in [0.5, 0.6) is 0 Å². The zero-order chi connectivity index (χ0) is 25.9. The second-order valence-electron chi connectivity index (χ2n) is 9.01. The first-order chi connectivity index (χ1) is 18.1. The Balaban J connectivity index is 1.57. The zero-order valence-corrected chi connectivity index (χ0v) is 20.1. The maximum atomic E-state index is 9.99. The summed E-state index contributed by atoms with van der Waals surface area (Å²) in [6.45, 7) is -2.58. The minimum Gasteiger partial charge on any atom is -0.394 e. The third-order valence-corrected chi connectivity index (χ3v) is 6.80. The van der Waals surface area contributed by atoms with E-state index in [2.05, 4.69) is 0 Å². The van der Waals surface area contributed by atoms with Crippen LogP contribution in [0.2, 0.25) is 0 Å². The van der Waals surface area contributed by atoms with Crippen LogP contribution in [-0.4, -0.2) is 75.1 Å². The van der Waals surface area contributed by atoms with Gasteiger partial charge in [-0.05, 0) is 17.1 Å². The van der Waals surface area contributed by atoms with Gasteiger partial charge in [-0.25, -0.2) is 9.97 Å². The normalized spacial score (nSPS) is 16.2. The summed E-state index contributed by atoms with van der Waals surface area (Å²) in [5.41, 5.74) is 1.28. The van der Waals surface area contributed by atoms with Crippen molar-refractivity contribution in [1.82, 2.24) is 9.97 Å². The molecular formula is C28H27BN2O6. The molecule has 0 aliphatic carbocycles. The van der Waals surface area contributed by atoms with Crippen molar-refractivity contribution in [3.63, 3.8) is 0 Å². The fraction of sp³-hybridized carbons (Fsp3) is 0.214. The van der Waals surface area contributed by atoms with E-state index in [4.69, 9.17) is 19.3 Å². The third-order valence-electron chi connectivity index (χ3n) is 6.80. The first kappa shape index (κ1) is 25.2. The van der Waals surface area contributed by atoms with Gasteiger partial charge in [0, 0.05) is 11.1 Å². The van der Waals surface area contributed by atoms with E-state index < -0.39 is 44.7 Å². The maximum absolute atomic E-state index is 9.99. The minimum absolute atomic E-state index is 0.577. The van der Waals surface area contributed by atoms with Gasteiger partial charge in [0.2, 0.25) is 0 Å². The first-order valence-electron chi connectivity index (χ1n) is 12.0. The van der Waals surface area contributed by atoms with Crippen LogP contribution in [0.1, 0.15) is 0 Å². The first-order valence-corrected chi connectivity index (χ1v) is 12.0. The van der Waals surface area contributed by atoms with Gasteiger partial charge < -0.3 is 29.7 Å². The average molecular weight is 498 g/mol. The number of nitrogens with zero attached hydrogens (tertiary/aromatic N) is 2. The lowest BCUT2D eigenvalue weighted by molar-refractivity contribution is -0.147. The highest BCUT2D eigenvalue weighted by molar-refractivity contribution is 6.62. The van der Waals surface area contributed by atoms with Crippen LogP contribution < -0.4 is 5.46 Å². The molecule has 1 saturated heterocycles. The van der Waals surface area contributed by atoms with Gasteiger partial charge in [-0.1, -0.05) is 84.9 Å². The molecule has 0 radical (unpaired) electrons. The lowest BCUT2D eigenvalue weighted by Gasteiger charge is -2.39. The van der Waals surface area contributed by atoms with Gasteiger partial charge in [0.15, 0.2) is 5.82 Å². The molecule has 0 bridgehead atoms. The molecule has 37 heavy (non-hydrogen) atoms. The van der Waals surface area contributed by atoms with Crippen molar-refractivity contribution >= 4 is 12.6 Å². The molecular weight excluding hydrogens is 471 g/mol. The maximum Gasteiger partial charge on any atom is 0.495 e. The van der Waals surface area contributed by atoms with Gasteiger partial charge in [-0.15, -0.1) is 0 Å². The van der Waals surface area contributed by atoms with Gasteiger partial charge in [0.1, 0.15) is 11.2 Å². The Hall–Kier alpha value is -3.44. The largest absolute Gasteiger partial charge is 0.495 e. The molecule has 1 aliphatic rings. The summed E-state index contributed by atoms with van der Waals surface area (Å²) in [7, 11) is -1.04. The van der Waals surface area contributed by atoms with Crippen molar-refractivity contribution in [2.75, 3.05) is 26.4 Å². The zero-order valence-electron chi connectivity index (χ0n) is 20.1. The van der Waals surface area contributed by atoms with E-state index in [-0.39, 0.29) is 0 Å². The minimum atomic E-state index is -1.67. The summed E-state index contributed by atoms with van der Waals surface area (Å²) in [5.74, 6) is 0.579. The molecule has 188 valence electrons. The molecule has 0 spiro atoms. The number of aliphatic hydroxyl groups is 4.